The van der Waals surface area contributed by atoms with E-state index < -0.39 is 23.8 Å². The van der Waals surface area contributed by atoms with Crippen LogP contribution < -0.4 is 20.3 Å². The molecule has 3 aromatic rings. The van der Waals surface area contributed by atoms with E-state index in [-0.39, 0.29) is 29.4 Å². The molecule has 182 valence electrons. The van der Waals surface area contributed by atoms with Gasteiger partial charge in [0.1, 0.15) is 17.1 Å². The summed E-state index contributed by atoms with van der Waals surface area (Å²) in [5.41, 5.74) is 1.60. The van der Waals surface area contributed by atoms with Gasteiger partial charge in [-0.3, -0.25) is 19.7 Å². The number of anilines is 2. The Morgan fingerprint density at radius 2 is 1.81 bits per heavy atom. The first-order chi connectivity index (χ1) is 17.2. The van der Waals surface area contributed by atoms with E-state index in [0.29, 0.717) is 16.3 Å². The van der Waals surface area contributed by atoms with Crippen molar-refractivity contribution in [1.29, 1.82) is 0 Å². The van der Waals surface area contributed by atoms with Gasteiger partial charge in [0, 0.05) is 16.3 Å². The number of nitrogens with one attached hydrogen (secondary N) is 2. The second-order valence-corrected chi connectivity index (χ2v) is 8.22. The number of amides is 5. The van der Waals surface area contributed by atoms with Crippen LogP contribution in [-0.4, -0.2) is 35.5 Å². The Morgan fingerprint density at radius 3 is 2.53 bits per heavy atom. The molecular formula is C26H20ClN3O6. The van der Waals surface area contributed by atoms with E-state index in [1.165, 1.54) is 30.3 Å². The van der Waals surface area contributed by atoms with Crippen LogP contribution in [0.3, 0.4) is 0 Å². The molecule has 0 radical (unpaired) electrons. The molecule has 36 heavy (non-hydrogen) atoms. The number of aromatic hydroxyl groups is 1. The number of phenols is 1. The lowest BCUT2D eigenvalue weighted by atomic mass is 10.1. The molecule has 1 saturated heterocycles. The van der Waals surface area contributed by atoms with Crippen LogP contribution in [0.4, 0.5) is 16.2 Å². The van der Waals surface area contributed by atoms with E-state index in [9.17, 15) is 24.3 Å². The van der Waals surface area contributed by atoms with Crippen molar-refractivity contribution in [3.8, 4) is 11.5 Å². The molecule has 0 aliphatic carbocycles. The molecule has 10 heteroatoms. The van der Waals surface area contributed by atoms with Gasteiger partial charge in [0.2, 0.25) is 0 Å². The SMILES string of the molecule is Cc1ccc(NC(=O)COc2ccccc2/C=C2/C(=O)NC(=O)N(c3ccc(O)cc3)C2=O)cc1Cl. The first-order valence-corrected chi connectivity index (χ1v) is 11.1. The van der Waals surface area contributed by atoms with Gasteiger partial charge in [0.25, 0.3) is 17.7 Å². The van der Waals surface area contributed by atoms with Crippen LogP contribution in [-0.2, 0) is 14.4 Å². The van der Waals surface area contributed by atoms with Crippen molar-refractivity contribution in [2.45, 2.75) is 6.92 Å². The van der Waals surface area contributed by atoms with Gasteiger partial charge in [0.15, 0.2) is 6.61 Å². The third-order valence-electron chi connectivity index (χ3n) is 5.24. The lowest BCUT2D eigenvalue weighted by molar-refractivity contribution is -0.122. The smallest absolute Gasteiger partial charge is 0.335 e. The average Bonchev–Trinajstić information content (AvgIpc) is 2.84. The highest BCUT2D eigenvalue weighted by atomic mass is 35.5. The number of benzene rings is 3. The van der Waals surface area contributed by atoms with Crippen LogP contribution in [0, 0.1) is 6.92 Å². The summed E-state index contributed by atoms with van der Waals surface area (Å²) < 4.78 is 5.64. The van der Waals surface area contributed by atoms with Crippen molar-refractivity contribution in [3.05, 3.63) is 88.5 Å². The quantitative estimate of drug-likeness (QED) is 0.343. The zero-order valence-corrected chi connectivity index (χ0v) is 19.7. The number of nitrogens with zero attached hydrogens (tertiary/aromatic N) is 1. The molecule has 0 aromatic heterocycles. The summed E-state index contributed by atoms with van der Waals surface area (Å²) in [6.45, 7) is 1.50. The minimum absolute atomic E-state index is 0.0453. The lowest BCUT2D eigenvalue weighted by Crippen LogP contribution is -2.54. The molecule has 0 saturated carbocycles. The minimum atomic E-state index is -0.912. The molecule has 1 heterocycles. The Kier molecular flexibility index (Phi) is 7.03. The number of rotatable bonds is 6. The van der Waals surface area contributed by atoms with Crippen molar-refractivity contribution in [2.75, 3.05) is 16.8 Å². The Labute approximate surface area is 210 Å². The van der Waals surface area contributed by atoms with Crippen molar-refractivity contribution >= 4 is 52.8 Å². The molecule has 0 unspecified atom stereocenters. The molecule has 3 aromatic carbocycles. The predicted molar refractivity (Wildman–Crippen MR) is 134 cm³/mol. The van der Waals surface area contributed by atoms with Crippen molar-refractivity contribution < 1.29 is 29.0 Å². The Hall–Kier alpha value is -4.63. The Bertz CT molecular complexity index is 1400. The number of carbonyl (C=O) groups is 4. The van der Waals surface area contributed by atoms with Gasteiger partial charge in [-0.1, -0.05) is 35.9 Å². The summed E-state index contributed by atoms with van der Waals surface area (Å²) in [5, 5.41) is 14.8. The van der Waals surface area contributed by atoms with Gasteiger partial charge in [-0.05, 0) is 61.0 Å². The fraction of sp³-hybridized carbons (Fsp3) is 0.0769. The van der Waals surface area contributed by atoms with Gasteiger partial charge in [-0.25, -0.2) is 9.69 Å². The number of phenolic OH excluding ortho intramolecular Hbond substituents is 1. The van der Waals surface area contributed by atoms with Gasteiger partial charge in [-0.15, -0.1) is 0 Å². The van der Waals surface area contributed by atoms with Crippen LogP contribution >= 0.6 is 11.6 Å². The third kappa shape index (κ3) is 5.37. The number of aryl methyl sites for hydroxylation is 1. The summed E-state index contributed by atoms with van der Waals surface area (Å²) in [6.07, 6.45) is 1.28. The highest BCUT2D eigenvalue weighted by Gasteiger charge is 2.37. The van der Waals surface area contributed by atoms with E-state index in [0.717, 1.165) is 10.5 Å². The zero-order chi connectivity index (χ0) is 25.8. The van der Waals surface area contributed by atoms with E-state index in [4.69, 9.17) is 16.3 Å². The molecular weight excluding hydrogens is 486 g/mol. The summed E-state index contributed by atoms with van der Waals surface area (Å²) in [4.78, 5) is 51.0. The van der Waals surface area contributed by atoms with Crippen molar-refractivity contribution in [3.63, 3.8) is 0 Å². The number of halogens is 1. The molecule has 5 amide bonds. The second-order valence-electron chi connectivity index (χ2n) is 7.81. The summed E-state index contributed by atoms with van der Waals surface area (Å²) >= 11 is 6.09. The standard InChI is InChI=1S/C26H20ClN3O6/c1-15-6-7-17(13-21(15)27)28-23(32)14-36-22-5-3-2-4-16(22)12-20-24(33)29-26(35)30(25(20)34)18-8-10-19(31)11-9-18/h2-13,31H,14H2,1H3,(H,28,32)(H,29,33,35)/b20-12-. The summed E-state index contributed by atoms with van der Waals surface area (Å²) in [5.74, 6) is -1.96. The second kappa shape index (κ2) is 10.3. The molecule has 3 N–H and O–H groups in total. The molecule has 0 atom stereocenters. The average molecular weight is 506 g/mol. The molecule has 0 bridgehead atoms. The third-order valence-corrected chi connectivity index (χ3v) is 5.65. The van der Waals surface area contributed by atoms with Crippen LogP contribution in [0.25, 0.3) is 6.08 Å². The van der Waals surface area contributed by atoms with Gasteiger partial charge in [-0.2, -0.15) is 0 Å². The first kappa shape index (κ1) is 24.5. The van der Waals surface area contributed by atoms with E-state index >= 15 is 0 Å². The maximum absolute atomic E-state index is 13.1. The normalized spacial score (nSPS) is 14.6. The number of para-hydroxylation sites is 1. The summed E-state index contributed by atoms with van der Waals surface area (Å²) in [6, 6.07) is 16.1. The number of urea groups is 1. The number of imide groups is 2. The Morgan fingerprint density at radius 1 is 1.08 bits per heavy atom. The fourth-order valence-electron chi connectivity index (χ4n) is 3.39. The monoisotopic (exact) mass is 505 g/mol. The Balaban J connectivity index is 1.53. The van der Waals surface area contributed by atoms with E-state index in [2.05, 4.69) is 10.6 Å². The van der Waals surface area contributed by atoms with Gasteiger partial charge < -0.3 is 15.2 Å². The summed E-state index contributed by atoms with van der Waals surface area (Å²) in [7, 11) is 0. The topological polar surface area (TPSA) is 125 Å². The van der Waals surface area contributed by atoms with E-state index in [1.807, 2.05) is 6.92 Å². The fourth-order valence-corrected chi connectivity index (χ4v) is 3.57. The molecule has 1 aliphatic rings. The number of hydrogen-bond donors (Lipinski definition) is 3. The molecule has 0 spiro atoms. The van der Waals surface area contributed by atoms with Gasteiger partial charge in [0.05, 0.1) is 5.69 Å². The number of hydrogen-bond acceptors (Lipinski definition) is 6. The van der Waals surface area contributed by atoms with E-state index in [1.54, 1.807) is 42.5 Å². The molecule has 4 rings (SSSR count). The molecule has 1 aliphatic heterocycles. The minimum Gasteiger partial charge on any atom is -0.508 e. The predicted octanol–water partition coefficient (Wildman–Crippen LogP) is 4.04. The van der Waals surface area contributed by atoms with Crippen LogP contribution in [0.5, 0.6) is 11.5 Å². The molecule has 9 nitrogen and oxygen atoms in total. The maximum Gasteiger partial charge on any atom is 0.335 e. The lowest BCUT2D eigenvalue weighted by Gasteiger charge is -2.26. The number of barbiturate groups is 1. The van der Waals surface area contributed by atoms with Crippen molar-refractivity contribution in [1.82, 2.24) is 5.32 Å². The van der Waals surface area contributed by atoms with Crippen LogP contribution in [0.2, 0.25) is 5.02 Å². The van der Waals surface area contributed by atoms with Crippen LogP contribution in [0.15, 0.2) is 72.3 Å². The number of carbonyl (C=O) groups excluding carboxylic acids is 4. The van der Waals surface area contributed by atoms with Crippen LogP contribution in [0.1, 0.15) is 11.1 Å². The largest absolute Gasteiger partial charge is 0.508 e. The highest BCUT2D eigenvalue weighted by molar-refractivity contribution is 6.39. The molecule has 1 fully saturated rings. The highest BCUT2D eigenvalue weighted by Crippen LogP contribution is 2.26. The first-order valence-electron chi connectivity index (χ1n) is 10.7. The van der Waals surface area contributed by atoms with Gasteiger partial charge >= 0.3 is 6.03 Å². The zero-order valence-electron chi connectivity index (χ0n) is 18.9. The number of ether oxygens (including phenoxy) is 1. The van der Waals surface area contributed by atoms with Crippen molar-refractivity contribution in [2.24, 2.45) is 0 Å². The maximum atomic E-state index is 13.1.